The van der Waals surface area contributed by atoms with Gasteiger partial charge in [-0.2, -0.15) is 0 Å². The van der Waals surface area contributed by atoms with Gasteiger partial charge in [0.15, 0.2) is 0 Å². The highest BCUT2D eigenvalue weighted by Crippen LogP contribution is 2.40. The van der Waals surface area contributed by atoms with Crippen LogP contribution in [-0.4, -0.2) is 55.9 Å². The van der Waals surface area contributed by atoms with Gasteiger partial charge in [0.1, 0.15) is 6.23 Å². The summed E-state index contributed by atoms with van der Waals surface area (Å²) >= 11 is 0. The summed E-state index contributed by atoms with van der Waals surface area (Å²) in [5, 5.41) is 21.9. The molecule has 5 N–H and O–H groups in total. The number of carboxylic acids is 1. The lowest BCUT2D eigenvalue weighted by molar-refractivity contribution is -0.139. The third-order valence-electron chi connectivity index (χ3n) is 7.12. The number of imide groups is 1. The molecule has 0 radical (unpaired) electrons. The molecule has 10 heteroatoms. The van der Waals surface area contributed by atoms with E-state index in [0.717, 1.165) is 34.3 Å². The average Bonchev–Trinajstić information content (AvgIpc) is 3.54. The Morgan fingerprint density at radius 1 is 0.974 bits per heavy atom. The van der Waals surface area contributed by atoms with Gasteiger partial charge in [0.2, 0.25) is 0 Å². The van der Waals surface area contributed by atoms with Gasteiger partial charge in [-0.1, -0.05) is 36.4 Å². The molecule has 2 aromatic carbocycles. The molecule has 4 aromatic rings. The maximum absolute atomic E-state index is 13.2. The number of carboxylic acid groups (broad SMARTS) is 1. The summed E-state index contributed by atoms with van der Waals surface area (Å²) in [5.74, 6) is -1.65. The number of hydrogen-bond acceptors (Lipinski definition) is 6. The number of hydrogen-bond donors (Lipinski definition) is 4. The summed E-state index contributed by atoms with van der Waals surface area (Å²) in [6, 6.07) is 15.6. The molecule has 3 atom stereocenters. The second-order valence-electron chi connectivity index (χ2n) is 9.70. The summed E-state index contributed by atoms with van der Waals surface area (Å²) in [5.41, 5.74) is 9.80. The number of carbonyl (C=O) groups is 3. The topological polar surface area (TPSA) is 149 Å². The Morgan fingerprint density at radius 2 is 1.51 bits per heavy atom. The molecule has 4 heterocycles. The Balaban J connectivity index is 0.000000723. The zero-order valence-corrected chi connectivity index (χ0v) is 21.6. The molecular formula is C29H30N4O6. The van der Waals surface area contributed by atoms with Crippen molar-refractivity contribution in [3.05, 3.63) is 72.1 Å². The number of aryl methyl sites for hydroxylation is 1. The fraction of sp³-hybridized carbons (Fsp3) is 0.276. The van der Waals surface area contributed by atoms with Crippen LogP contribution in [-0.2, 0) is 26.2 Å². The van der Waals surface area contributed by atoms with Crippen LogP contribution in [0.25, 0.3) is 33.0 Å². The monoisotopic (exact) mass is 530 g/mol. The molecule has 0 unspecified atom stereocenters. The first-order valence-corrected chi connectivity index (χ1v) is 12.7. The van der Waals surface area contributed by atoms with Crippen molar-refractivity contribution in [3.63, 3.8) is 0 Å². The molecule has 202 valence electrons. The molecule has 6 rings (SSSR count). The Kier molecular flexibility index (Phi) is 7.09. The van der Waals surface area contributed by atoms with Crippen molar-refractivity contribution in [1.82, 2.24) is 14.5 Å². The van der Waals surface area contributed by atoms with Crippen molar-refractivity contribution in [2.75, 3.05) is 6.54 Å². The fourth-order valence-electron chi connectivity index (χ4n) is 5.43. The predicted octanol–water partition coefficient (Wildman–Crippen LogP) is 2.79. The largest absolute Gasteiger partial charge is 0.481 e. The minimum absolute atomic E-state index is 0.219. The number of nitrogens with two attached hydrogens (primary N) is 1. The fourth-order valence-corrected chi connectivity index (χ4v) is 5.43. The van der Waals surface area contributed by atoms with Gasteiger partial charge in [0.05, 0.1) is 28.9 Å². The highest BCUT2D eigenvalue weighted by molar-refractivity contribution is 6.50. The predicted molar refractivity (Wildman–Crippen MR) is 146 cm³/mol. The molecule has 0 aliphatic carbocycles. The molecule has 2 amide bonds. The van der Waals surface area contributed by atoms with E-state index >= 15 is 0 Å². The van der Waals surface area contributed by atoms with Gasteiger partial charge >= 0.3 is 0 Å². The van der Waals surface area contributed by atoms with Crippen LogP contribution < -0.4 is 11.1 Å². The number of fused-ring (bicyclic) bond motifs is 2. The molecule has 2 aromatic heterocycles. The van der Waals surface area contributed by atoms with E-state index in [1.165, 1.54) is 0 Å². The Bertz CT molecular complexity index is 1630. The lowest BCUT2D eigenvalue weighted by atomic mass is 9.95. The third kappa shape index (κ3) is 4.74. The first kappa shape index (κ1) is 26.4. The van der Waals surface area contributed by atoms with Crippen LogP contribution in [0.5, 0.6) is 0 Å². The van der Waals surface area contributed by atoms with E-state index < -0.39 is 30.0 Å². The standard InChI is InChI=1S/C27H26N4O4.C2H4O2/c1-30-13-17(15-6-2-4-8-19(15)30)24-25(27(34)29-26(24)33)18-14-31(20-9-5-3-7-16(18)20)23-11-10-21(32)22(12-28)35-23;1-2(3)4/h2-9,13-14,21-23,32H,10-12,28H2,1H3,(H,29,33,34);1H3,(H,3,4)/t21-,22+,23+;/m0./s1. The molecule has 0 spiro atoms. The van der Waals surface area contributed by atoms with E-state index in [2.05, 4.69) is 5.32 Å². The van der Waals surface area contributed by atoms with Crippen LogP contribution in [0.1, 0.15) is 37.1 Å². The van der Waals surface area contributed by atoms with Crippen LogP contribution in [0.2, 0.25) is 0 Å². The molecule has 1 fully saturated rings. The number of nitrogens with one attached hydrogen (secondary N) is 1. The smallest absolute Gasteiger partial charge is 0.300 e. The molecule has 0 bridgehead atoms. The van der Waals surface area contributed by atoms with E-state index in [1.54, 1.807) is 0 Å². The molecule has 0 saturated carbocycles. The second kappa shape index (κ2) is 10.5. The van der Waals surface area contributed by atoms with Gasteiger partial charge in [-0.15, -0.1) is 0 Å². The van der Waals surface area contributed by atoms with E-state index in [4.69, 9.17) is 20.4 Å². The van der Waals surface area contributed by atoms with Crippen molar-refractivity contribution in [1.29, 1.82) is 0 Å². The molecular weight excluding hydrogens is 500 g/mol. The van der Waals surface area contributed by atoms with E-state index in [9.17, 15) is 14.7 Å². The number of benzene rings is 2. The average molecular weight is 531 g/mol. The zero-order valence-electron chi connectivity index (χ0n) is 21.6. The van der Waals surface area contributed by atoms with Gasteiger partial charge in [0.25, 0.3) is 17.8 Å². The first-order chi connectivity index (χ1) is 18.7. The van der Waals surface area contributed by atoms with Gasteiger partial charge in [-0.05, 0) is 25.0 Å². The molecule has 2 aliphatic rings. The zero-order chi connectivity index (χ0) is 27.8. The lowest BCUT2D eigenvalue weighted by Gasteiger charge is -2.34. The minimum atomic E-state index is -0.833. The molecule has 1 saturated heterocycles. The number of nitrogens with zero attached hydrogens (tertiary/aromatic N) is 2. The van der Waals surface area contributed by atoms with Crippen molar-refractivity contribution >= 4 is 50.7 Å². The Hall–Kier alpha value is -4.25. The van der Waals surface area contributed by atoms with E-state index in [1.807, 2.05) is 77.1 Å². The highest BCUT2D eigenvalue weighted by atomic mass is 16.5. The van der Waals surface area contributed by atoms with Crippen LogP contribution in [0.3, 0.4) is 0 Å². The number of amides is 2. The molecule has 39 heavy (non-hydrogen) atoms. The van der Waals surface area contributed by atoms with Crippen LogP contribution >= 0.6 is 0 Å². The maximum Gasteiger partial charge on any atom is 0.300 e. The number of para-hydroxylation sites is 2. The summed E-state index contributed by atoms with van der Waals surface area (Å²) in [4.78, 5) is 35.3. The number of carbonyl (C=O) groups excluding carboxylic acids is 2. The normalized spacial score (nSPS) is 21.3. The SMILES string of the molecule is CC(=O)O.Cn1cc(C2=C(c3cn([C@H]4CC[C@H](O)[C@@H](CN)O4)c4ccccc34)C(=O)NC2=O)c2ccccc21. The maximum atomic E-state index is 13.2. The number of ether oxygens (including phenoxy) is 1. The number of rotatable bonds is 4. The number of aliphatic hydroxyl groups excluding tert-OH is 1. The Morgan fingerprint density at radius 3 is 2.13 bits per heavy atom. The van der Waals surface area contributed by atoms with E-state index in [-0.39, 0.29) is 12.8 Å². The summed E-state index contributed by atoms with van der Waals surface area (Å²) in [6.07, 6.45) is 3.56. The number of aromatic nitrogens is 2. The summed E-state index contributed by atoms with van der Waals surface area (Å²) in [6.45, 7) is 1.30. The quantitative estimate of drug-likeness (QED) is 0.297. The summed E-state index contributed by atoms with van der Waals surface area (Å²) < 4.78 is 10.1. The van der Waals surface area contributed by atoms with Gasteiger partial charge in [0, 0.05) is 60.3 Å². The third-order valence-corrected chi connectivity index (χ3v) is 7.12. The van der Waals surface area contributed by atoms with Crippen molar-refractivity contribution in [2.45, 2.75) is 38.2 Å². The lowest BCUT2D eigenvalue weighted by Crippen LogP contribution is -2.41. The van der Waals surface area contributed by atoms with Gasteiger partial charge in [-0.3, -0.25) is 19.7 Å². The molecule has 2 aliphatic heterocycles. The van der Waals surface area contributed by atoms with Crippen LogP contribution in [0, 0.1) is 0 Å². The van der Waals surface area contributed by atoms with Crippen LogP contribution in [0.15, 0.2) is 60.9 Å². The Labute approximate surface area is 224 Å². The summed E-state index contributed by atoms with van der Waals surface area (Å²) in [7, 11) is 1.93. The minimum Gasteiger partial charge on any atom is -0.481 e. The first-order valence-electron chi connectivity index (χ1n) is 12.7. The molecule has 10 nitrogen and oxygen atoms in total. The van der Waals surface area contributed by atoms with Crippen LogP contribution in [0.4, 0.5) is 0 Å². The van der Waals surface area contributed by atoms with Crippen molar-refractivity contribution < 1.29 is 29.3 Å². The van der Waals surface area contributed by atoms with E-state index in [0.29, 0.717) is 29.6 Å². The van der Waals surface area contributed by atoms with Crippen molar-refractivity contribution in [2.24, 2.45) is 12.8 Å². The van der Waals surface area contributed by atoms with Gasteiger partial charge < -0.3 is 29.8 Å². The second-order valence-corrected chi connectivity index (χ2v) is 9.70. The highest BCUT2D eigenvalue weighted by Gasteiger charge is 2.36. The van der Waals surface area contributed by atoms with Crippen molar-refractivity contribution in [3.8, 4) is 0 Å². The number of aliphatic carboxylic acids is 1. The number of aliphatic hydroxyl groups is 1. The van der Waals surface area contributed by atoms with Gasteiger partial charge in [-0.25, -0.2) is 0 Å².